The number of carbonyl (C=O) groups is 2. The van der Waals surface area contributed by atoms with E-state index in [9.17, 15) is 9.59 Å². The largest absolute Gasteiger partial charge is 0.497 e. The summed E-state index contributed by atoms with van der Waals surface area (Å²) in [6, 6.07) is 7.05. The van der Waals surface area contributed by atoms with Crippen LogP contribution in [0.5, 0.6) is 5.75 Å². The van der Waals surface area contributed by atoms with Crippen LogP contribution < -0.4 is 9.64 Å². The van der Waals surface area contributed by atoms with Gasteiger partial charge in [-0.15, -0.1) is 0 Å². The van der Waals surface area contributed by atoms with Crippen LogP contribution in [0.2, 0.25) is 0 Å². The average molecular weight is 315 g/mol. The number of amides is 1. The highest BCUT2D eigenvalue weighted by Gasteiger charge is 2.55. The number of rotatable bonds is 5. The Kier molecular flexibility index (Phi) is 3.77. The van der Waals surface area contributed by atoms with Crippen molar-refractivity contribution in [2.75, 3.05) is 12.0 Å². The molecule has 1 aromatic carbocycles. The van der Waals surface area contributed by atoms with Gasteiger partial charge in [-0.05, 0) is 24.3 Å². The van der Waals surface area contributed by atoms with Gasteiger partial charge in [0.15, 0.2) is 0 Å². The maximum absolute atomic E-state index is 12.2. The van der Waals surface area contributed by atoms with Gasteiger partial charge in [0.05, 0.1) is 26.4 Å². The van der Waals surface area contributed by atoms with Gasteiger partial charge < -0.3 is 14.0 Å². The van der Waals surface area contributed by atoms with E-state index in [-0.39, 0.29) is 12.3 Å². The van der Waals surface area contributed by atoms with Crippen molar-refractivity contribution in [3.8, 4) is 5.75 Å². The normalized spacial score (nSPS) is 20.1. The summed E-state index contributed by atoms with van der Waals surface area (Å²) in [6.45, 7) is 1.66. The predicted octanol–water partition coefficient (Wildman–Crippen LogP) is 1.59. The number of methoxy groups -OCH3 is 1. The number of ether oxygens (including phenoxy) is 2. The van der Waals surface area contributed by atoms with Gasteiger partial charge in [0.2, 0.25) is 11.6 Å². The molecule has 7 heteroatoms. The molecule has 1 saturated heterocycles. The van der Waals surface area contributed by atoms with E-state index in [0.717, 1.165) is 0 Å². The van der Waals surface area contributed by atoms with Gasteiger partial charge in [0, 0.05) is 25.0 Å². The predicted molar refractivity (Wildman–Crippen MR) is 81.8 cm³/mol. The number of esters is 1. The Bertz CT molecular complexity index is 711. The second-order valence-corrected chi connectivity index (χ2v) is 5.38. The van der Waals surface area contributed by atoms with Crippen LogP contribution in [0, 0.1) is 0 Å². The Hall–Kier alpha value is -2.83. The molecule has 0 bridgehead atoms. The van der Waals surface area contributed by atoms with Crippen molar-refractivity contribution in [3.05, 3.63) is 43.0 Å². The van der Waals surface area contributed by atoms with E-state index in [1.807, 2.05) is 0 Å². The number of carbonyl (C=O) groups excluding carboxylic acids is 2. The zero-order valence-electron chi connectivity index (χ0n) is 12.9. The SMILES string of the molecule is COc1ccc(N2C(=O)CC2(Cn2ccnc2)OC(C)=O)cc1. The molecule has 0 radical (unpaired) electrons. The van der Waals surface area contributed by atoms with Crippen molar-refractivity contribution >= 4 is 17.6 Å². The number of nitrogens with zero attached hydrogens (tertiary/aromatic N) is 3. The maximum Gasteiger partial charge on any atom is 0.304 e. The molecule has 3 rings (SSSR count). The summed E-state index contributed by atoms with van der Waals surface area (Å²) in [5.41, 5.74) is -0.374. The number of β-lactam (4-membered cyclic amide) rings is 1. The van der Waals surface area contributed by atoms with Crippen molar-refractivity contribution in [1.29, 1.82) is 0 Å². The van der Waals surface area contributed by atoms with Crippen molar-refractivity contribution < 1.29 is 19.1 Å². The fourth-order valence-electron chi connectivity index (χ4n) is 2.81. The third-order valence-corrected chi connectivity index (χ3v) is 3.74. The minimum atomic E-state index is -1.03. The van der Waals surface area contributed by atoms with E-state index in [4.69, 9.17) is 9.47 Å². The van der Waals surface area contributed by atoms with E-state index < -0.39 is 11.7 Å². The van der Waals surface area contributed by atoms with E-state index >= 15 is 0 Å². The molecule has 1 atom stereocenters. The summed E-state index contributed by atoms with van der Waals surface area (Å²) < 4.78 is 12.4. The van der Waals surface area contributed by atoms with Crippen LogP contribution in [-0.4, -0.2) is 34.3 Å². The molecule has 1 aromatic heterocycles. The molecule has 7 nitrogen and oxygen atoms in total. The number of anilines is 1. The van der Waals surface area contributed by atoms with E-state index in [1.54, 1.807) is 54.7 Å². The smallest absolute Gasteiger partial charge is 0.304 e. The van der Waals surface area contributed by atoms with Crippen LogP contribution in [0.1, 0.15) is 13.3 Å². The second-order valence-electron chi connectivity index (χ2n) is 5.38. The van der Waals surface area contributed by atoms with Crippen LogP contribution >= 0.6 is 0 Å². The molecular formula is C16H17N3O4. The molecule has 23 heavy (non-hydrogen) atoms. The third-order valence-electron chi connectivity index (χ3n) is 3.74. The van der Waals surface area contributed by atoms with Gasteiger partial charge in [0.1, 0.15) is 5.75 Å². The van der Waals surface area contributed by atoms with Crippen LogP contribution in [0.3, 0.4) is 0 Å². The van der Waals surface area contributed by atoms with Gasteiger partial charge in [-0.1, -0.05) is 0 Å². The molecule has 0 aliphatic carbocycles. The van der Waals surface area contributed by atoms with Crippen molar-refractivity contribution in [3.63, 3.8) is 0 Å². The number of aromatic nitrogens is 2. The van der Waals surface area contributed by atoms with Gasteiger partial charge in [-0.3, -0.25) is 14.5 Å². The molecule has 0 N–H and O–H groups in total. The second kappa shape index (κ2) is 5.75. The Morgan fingerprint density at radius 2 is 2.09 bits per heavy atom. The van der Waals surface area contributed by atoms with Crippen molar-refractivity contribution in [2.45, 2.75) is 25.6 Å². The van der Waals surface area contributed by atoms with Crippen molar-refractivity contribution in [2.24, 2.45) is 0 Å². The average Bonchev–Trinajstić information content (AvgIpc) is 2.99. The summed E-state index contributed by atoms with van der Waals surface area (Å²) in [7, 11) is 1.58. The first-order chi connectivity index (χ1) is 11.0. The molecule has 120 valence electrons. The zero-order chi connectivity index (χ0) is 16.4. The number of hydrogen-bond donors (Lipinski definition) is 0. The maximum atomic E-state index is 12.2. The minimum absolute atomic E-state index is 0.100. The molecule has 1 aliphatic rings. The molecule has 1 amide bonds. The summed E-state index contributed by atoms with van der Waals surface area (Å²) in [4.78, 5) is 29.2. The lowest BCUT2D eigenvalue weighted by molar-refractivity contribution is -0.172. The molecule has 2 heterocycles. The molecular weight excluding hydrogens is 298 g/mol. The van der Waals surface area contributed by atoms with E-state index in [2.05, 4.69) is 4.98 Å². The van der Waals surface area contributed by atoms with Crippen LogP contribution in [0.15, 0.2) is 43.0 Å². The Balaban J connectivity index is 1.93. The minimum Gasteiger partial charge on any atom is -0.497 e. The highest BCUT2D eigenvalue weighted by Crippen LogP contribution is 2.40. The Labute approximate surface area is 133 Å². The van der Waals surface area contributed by atoms with Gasteiger partial charge >= 0.3 is 5.97 Å². The lowest BCUT2D eigenvalue weighted by Crippen LogP contribution is -2.68. The lowest BCUT2D eigenvalue weighted by Gasteiger charge is -2.50. The summed E-state index contributed by atoms with van der Waals surface area (Å²) in [6.07, 6.45) is 5.16. The van der Waals surface area contributed by atoms with Gasteiger partial charge in [-0.25, -0.2) is 4.98 Å². The highest BCUT2D eigenvalue weighted by molar-refractivity contribution is 6.02. The highest BCUT2D eigenvalue weighted by atomic mass is 16.6. The number of benzene rings is 1. The van der Waals surface area contributed by atoms with Crippen LogP contribution in [0.4, 0.5) is 5.69 Å². The van der Waals surface area contributed by atoms with Crippen LogP contribution in [0.25, 0.3) is 0 Å². The van der Waals surface area contributed by atoms with Crippen LogP contribution in [-0.2, 0) is 20.9 Å². The molecule has 2 aromatic rings. The molecule has 0 saturated carbocycles. The number of hydrogen-bond acceptors (Lipinski definition) is 5. The lowest BCUT2D eigenvalue weighted by atomic mass is 9.94. The van der Waals surface area contributed by atoms with E-state index in [0.29, 0.717) is 18.0 Å². The zero-order valence-corrected chi connectivity index (χ0v) is 12.9. The first kappa shape index (κ1) is 15.1. The van der Waals surface area contributed by atoms with Gasteiger partial charge in [0.25, 0.3) is 0 Å². The third kappa shape index (κ3) is 2.77. The monoisotopic (exact) mass is 315 g/mol. The molecule has 1 unspecified atom stereocenters. The Morgan fingerprint density at radius 1 is 1.35 bits per heavy atom. The number of imidazole rings is 1. The molecule has 1 fully saturated rings. The quantitative estimate of drug-likeness (QED) is 0.619. The first-order valence-corrected chi connectivity index (χ1v) is 7.16. The Morgan fingerprint density at radius 3 is 2.61 bits per heavy atom. The molecule has 0 spiro atoms. The molecule has 1 aliphatic heterocycles. The van der Waals surface area contributed by atoms with E-state index in [1.165, 1.54) is 11.8 Å². The van der Waals surface area contributed by atoms with Crippen molar-refractivity contribution in [1.82, 2.24) is 9.55 Å². The fraction of sp³-hybridized carbons (Fsp3) is 0.312. The van der Waals surface area contributed by atoms with Gasteiger partial charge in [-0.2, -0.15) is 0 Å². The topological polar surface area (TPSA) is 73.7 Å². The standard InChI is InChI=1S/C16H17N3O4/c1-12(20)23-16(10-18-8-7-17-11-18)9-15(21)19(16)13-3-5-14(22-2)6-4-13/h3-8,11H,9-10H2,1-2H3. The summed E-state index contributed by atoms with van der Waals surface area (Å²) in [5.74, 6) is 0.155. The first-order valence-electron chi connectivity index (χ1n) is 7.16. The summed E-state index contributed by atoms with van der Waals surface area (Å²) in [5, 5.41) is 0. The summed E-state index contributed by atoms with van der Waals surface area (Å²) >= 11 is 0. The fourth-order valence-corrected chi connectivity index (χ4v) is 2.81.